The van der Waals surface area contributed by atoms with Gasteiger partial charge in [-0.05, 0) is 47.7 Å². The number of aromatic amines is 1. The van der Waals surface area contributed by atoms with Gasteiger partial charge >= 0.3 is 0 Å². The van der Waals surface area contributed by atoms with E-state index in [9.17, 15) is 9.59 Å². The third-order valence-electron chi connectivity index (χ3n) is 5.64. The van der Waals surface area contributed by atoms with Gasteiger partial charge in [-0.15, -0.1) is 0 Å². The van der Waals surface area contributed by atoms with Crippen LogP contribution in [-0.2, 0) is 11.2 Å². The van der Waals surface area contributed by atoms with Crippen molar-refractivity contribution in [2.75, 3.05) is 18.5 Å². The standard InChI is InChI=1S/C22H21N3O2/c1-24-20-7-4-14(9-16(20)11-21(24)26)19-10-17(12-23-22(19)27)15-3-2-8-25(13-15)18-5-6-18/h2-4,7,9-10,12-13,18H,5-6,8,11H2,1H3,(H,23,27). The number of H-pyrrole nitrogens is 1. The molecule has 27 heavy (non-hydrogen) atoms. The van der Waals surface area contributed by atoms with Crippen LogP contribution in [0.3, 0.4) is 0 Å². The van der Waals surface area contributed by atoms with E-state index in [0.717, 1.165) is 34.5 Å². The number of allylic oxidation sites excluding steroid dienone is 2. The van der Waals surface area contributed by atoms with Crippen LogP contribution >= 0.6 is 0 Å². The fourth-order valence-corrected chi connectivity index (χ4v) is 3.91. The number of hydrogen-bond donors (Lipinski definition) is 1. The molecule has 0 saturated heterocycles. The Morgan fingerprint density at radius 3 is 2.78 bits per heavy atom. The van der Waals surface area contributed by atoms with Crippen molar-refractivity contribution in [3.8, 4) is 11.1 Å². The number of hydrogen-bond acceptors (Lipinski definition) is 3. The first-order valence-electron chi connectivity index (χ1n) is 9.37. The molecule has 0 atom stereocenters. The molecule has 0 unspecified atom stereocenters. The summed E-state index contributed by atoms with van der Waals surface area (Å²) in [5.41, 5.74) is 5.38. The van der Waals surface area contributed by atoms with E-state index in [0.29, 0.717) is 18.0 Å². The van der Waals surface area contributed by atoms with Crippen molar-refractivity contribution >= 4 is 17.2 Å². The summed E-state index contributed by atoms with van der Waals surface area (Å²) in [6.45, 7) is 0.955. The second kappa shape index (κ2) is 5.98. The molecule has 3 aliphatic rings. The highest BCUT2D eigenvalue weighted by Crippen LogP contribution is 2.33. The highest BCUT2D eigenvalue weighted by Gasteiger charge is 2.28. The third-order valence-corrected chi connectivity index (χ3v) is 5.64. The predicted molar refractivity (Wildman–Crippen MR) is 106 cm³/mol. The summed E-state index contributed by atoms with van der Waals surface area (Å²) >= 11 is 0. The Balaban J connectivity index is 1.54. The first kappa shape index (κ1) is 16.1. The number of benzene rings is 1. The topological polar surface area (TPSA) is 56.4 Å². The maximum Gasteiger partial charge on any atom is 0.255 e. The van der Waals surface area contributed by atoms with Crippen LogP contribution in [0.25, 0.3) is 16.7 Å². The average Bonchev–Trinajstić information content (AvgIpc) is 3.49. The highest BCUT2D eigenvalue weighted by molar-refractivity contribution is 6.01. The zero-order valence-corrected chi connectivity index (χ0v) is 15.2. The highest BCUT2D eigenvalue weighted by atomic mass is 16.2. The molecule has 1 amide bonds. The number of carbonyl (C=O) groups excluding carboxylic acids is 1. The fraction of sp³-hybridized carbons (Fsp3) is 0.273. The first-order chi connectivity index (χ1) is 13.1. The van der Waals surface area contributed by atoms with Gasteiger partial charge in [0.25, 0.3) is 5.56 Å². The molecule has 0 bridgehead atoms. The first-order valence-corrected chi connectivity index (χ1v) is 9.37. The monoisotopic (exact) mass is 359 g/mol. The molecule has 1 N–H and O–H groups in total. The Morgan fingerprint density at radius 2 is 1.96 bits per heavy atom. The van der Waals surface area contributed by atoms with Gasteiger partial charge in [0.05, 0.1) is 6.42 Å². The average molecular weight is 359 g/mol. The summed E-state index contributed by atoms with van der Waals surface area (Å²) in [6.07, 6.45) is 11.2. The summed E-state index contributed by atoms with van der Waals surface area (Å²) in [7, 11) is 1.79. The van der Waals surface area contributed by atoms with E-state index >= 15 is 0 Å². The predicted octanol–water partition coefficient (Wildman–Crippen LogP) is 2.94. The molecule has 136 valence electrons. The summed E-state index contributed by atoms with van der Waals surface area (Å²) < 4.78 is 0. The van der Waals surface area contributed by atoms with Gasteiger partial charge in [0, 0.05) is 48.8 Å². The van der Waals surface area contributed by atoms with Crippen LogP contribution in [0.15, 0.2) is 53.6 Å². The fourth-order valence-electron chi connectivity index (χ4n) is 3.91. The summed E-state index contributed by atoms with van der Waals surface area (Å²) in [5.74, 6) is 0.0856. The van der Waals surface area contributed by atoms with Crippen LogP contribution in [0.2, 0.25) is 0 Å². The number of nitrogens with one attached hydrogen (secondary N) is 1. The van der Waals surface area contributed by atoms with Gasteiger partial charge in [0.15, 0.2) is 0 Å². The van der Waals surface area contributed by atoms with Crippen LogP contribution in [-0.4, -0.2) is 35.4 Å². The lowest BCUT2D eigenvalue weighted by atomic mass is 9.99. The Bertz CT molecular complexity index is 1060. The Kier molecular flexibility index (Phi) is 3.57. The molecule has 2 aliphatic heterocycles. The third kappa shape index (κ3) is 2.79. The van der Waals surface area contributed by atoms with Crippen LogP contribution in [0.1, 0.15) is 24.0 Å². The summed E-state index contributed by atoms with van der Waals surface area (Å²) in [4.78, 5) is 31.3. The number of aromatic nitrogens is 1. The maximum atomic E-state index is 12.5. The molecular weight excluding hydrogens is 338 g/mol. The second-order valence-electron chi connectivity index (χ2n) is 7.52. The SMILES string of the molecule is CN1C(=O)Cc2cc(-c3cc(C4=CN(C5CC5)CC=C4)c[nH]c3=O)ccc21. The second-order valence-corrected chi connectivity index (χ2v) is 7.52. The largest absolute Gasteiger partial charge is 0.370 e. The molecule has 0 radical (unpaired) electrons. The molecule has 5 heteroatoms. The van der Waals surface area contributed by atoms with Gasteiger partial charge in [0.2, 0.25) is 5.91 Å². The van der Waals surface area contributed by atoms with Crippen LogP contribution in [0.5, 0.6) is 0 Å². The quantitative estimate of drug-likeness (QED) is 0.917. The minimum absolute atomic E-state index is 0.0856. The van der Waals surface area contributed by atoms with Crippen LogP contribution in [0, 0.1) is 0 Å². The van der Waals surface area contributed by atoms with Gasteiger partial charge < -0.3 is 14.8 Å². The minimum Gasteiger partial charge on any atom is -0.370 e. The molecule has 1 aromatic heterocycles. The van der Waals surface area contributed by atoms with Gasteiger partial charge in [-0.2, -0.15) is 0 Å². The van der Waals surface area contributed by atoms with E-state index in [1.54, 1.807) is 18.1 Å². The van der Waals surface area contributed by atoms with E-state index in [1.807, 2.05) is 24.3 Å². The molecule has 0 spiro atoms. The molecule has 1 saturated carbocycles. The number of likely N-dealkylation sites (N-methyl/N-ethyl adjacent to an activating group) is 1. The lowest BCUT2D eigenvalue weighted by Crippen LogP contribution is -2.22. The Hall–Kier alpha value is -3.08. The zero-order valence-electron chi connectivity index (χ0n) is 15.2. The number of carbonyl (C=O) groups is 1. The molecule has 1 aromatic carbocycles. The van der Waals surface area contributed by atoms with Crippen molar-refractivity contribution in [1.82, 2.24) is 9.88 Å². The van der Waals surface area contributed by atoms with E-state index in [2.05, 4.69) is 28.2 Å². The van der Waals surface area contributed by atoms with Crippen molar-refractivity contribution in [3.05, 3.63) is 70.3 Å². The Labute approximate surface area is 157 Å². The van der Waals surface area contributed by atoms with Crippen molar-refractivity contribution in [3.63, 3.8) is 0 Å². The number of fused-ring (bicyclic) bond motifs is 1. The molecule has 5 nitrogen and oxygen atoms in total. The van der Waals surface area contributed by atoms with Gasteiger partial charge in [0.1, 0.15) is 0 Å². The number of anilines is 1. The maximum absolute atomic E-state index is 12.5. The van der Waals surface area contributed by atoms with E-state index in [1.165, 1.54) is 12.8 Å². The zero-order chi connectivity index (χ0) is 18.5. The van der Waals surface area contributed by atoms with Crippen LogP contribution < -0.4 is 10.5 Å². The van der Waals surface area contributed by atoms with Gasteiger partial charge in [-0.3, -0.25) is 9.59 Å². The van der Waals surface area contributed by atoms with E-state index in [-0.39, 0.29) is 11.5 Å². The number of amides is 1. The van der Waals surface area contributed by atoms with Crippen LogP contribution in [0.4, 0.5) is 5.69 Å². The van der Waals surface area contributed by atoms with Gasteiger partial charge in [-0.25, -0.2) is 0 Å². The molecular formula is C22H21N3O2. The summed E-state index contributed by atoms with van der Waals surface area (Å²) in [6, 6.07) is 8.43. The molecule has 3 heterocycles. The molecule has 1 aliphatic carbocycles. The lowest BCUT2D eigenvalue weighted by molar-refractivity contribution is -0.117. The van der Waals surface area contributed by atoms with E-state index < -0.39 is 0 Å². The molecule has 5 rings (SSSR count). The number of pyridine rings is 1. The van der Waals surface area contributed by atoms with E-state index in [4.69, 9.17) is 0 Å². The van der Waals surface area contributed by atoms with Crippen molar-refractivity contribution in [2.45, 2.75) is 25.3 Å². The molecule has 1 fully saturated rings. The normalized spacial score (nSPS) is 18.7. The lowest BCUT2D eigenvalue weighted by Gasteiger charge is -2.23. The summed E-state index contributed by atoms with van der Waals surface area (Å²) in [5, 5.41) is 0. The van der Waals surface area contributed by atoms with Crippen molar-refractivity contribution in [2.24, 2.45) is 0 Å². The Morgan fingerprint density at radius 1 is 1.11 bits per heavy atom. The van der Waals surface area contributed by atoms with Crippen molar-refractivity contribution in [1.29, 1.82) is 0 Å². The smallest absolute Gasteiger partial charge is 0.255 e. The minimum atomic E-state index is -0.115. The molecule has 2 aromatic rings. The van der Waals surface area contributed by atoms with Gasteiger partial charge in [-0.1, -0.05) is 18.2 Å². The number of nitrogens with zero attached hydrogens (tertiary/aromatic N) is 2. The number of rotatable bonds is 3. The van der Waals surface area contributed by atoms with Crippen molar-refractivity contribution < 1.29 is 4.79 Å².